The smallest absolute Gasteiger partial charge is 0.270 e. The number of fused-ring (bicyclic) bond motifs is 1. The van der Waals surface area contributed by atoms with E-state index < -0.39 is 0 Å². The van der Waals surface area contributed by atoms with E-state index in [0.29, 0.717) is 5.69 Å². The number of aryl methyl sites for hydroxylation is 2. The molecule has 4 rings (SSSR count). The number of carbonyl (C=O) groups excluding carboxylic acids is 1. The highest BCUT2D eigenvalue weighted by Crippen LogP contribution is 2.19. The van der Waals surface area contributed by atoms with Gasteiger partial charge in [0.2, 0.25) is 0 Å². The molecule has 1 amide bonds. The van der Waals surface area contributed by atoms with E-state index in [2.05, 4.69) is 32.2 Å². The monoisotopic (exact) mass is 378 g/mol. The predicted octanol–water partition coefficient (Wildman–Crippen LogP) is 2.78. The Hall–Kier alpha value is -2.96. The molecule has 0 saturated carbocycles. The summed E-state index contributed by atoms with van der Waals surface area (Å²) in [6.07, 6.45) is 7.84. The molecule has 1 atom stereocenters. The molecule has 1 saturated heterocycles. The maximum atomic E-state index is 12.5. The van der Waals surface area contributed by atoms with Crippen LogP contribution >= 0.6 is 0 Å². The number of unbranched alkanes of at least 4 members (excludes halogenated alkanes) is 1. The molecule has 7 heteroatoms. The number of aromatic nitrogens is 4. The van der Waals surface area contributed by atoms with Gasteiger partial charge in [0.05, 0.1) is 11.9 Å². The van der Waals surface area contributed by atoms with Crippen molar-refractivity contribution in [3.8, 4) is 0 Å². The summed E-state index contributed by atoms with van der Waals surface area (Å²) in [5.74, 6) is 0.798. The summed E-state index contributed by atoms with van der Waals surface area (Å²) in [6.45, 7) is 5.77. The number of nitrogens with zero attached hydrogens (tertiary/aromatic N) is 5. The van der Waals surface area contributed by atoms with Gasteiger partial charge in [0.15, 0.2) is 5.65 Å². The van der Waals surface area contributed by atoms with Gasteiger partial charge in [0.1, 0.15) is 11.5 Å². The van der Waals surface area contributed by atoms with Crippen LogP contribution in [0.15, 0.2) is 36.7 Å². The van der Waals surface area contributed by atoms with Crippen LogP contribution in [0.25, 0.3) is 5.65 Å². The normalized spacial score (nSPS) is 16.6. The second-order valence-corrected chi connectivity index (χ2v) is 7.42. The number of pyridine rings is 1. The van der Waals surface area contributed by atoms with E-state index in [-0.39, 0.29) is 11.9 Å². The van der Waals surface area contributed by atoms with Gasteiger partial charge in [-0.15, -0.1) is 5.10 Å². The molecule has 28 heavy (non-hydrogen) atoms. The number of hydrogen-bond acceptors (Lipinski definition) is 5. The summed E-state index contributed by atoms with van der Waals surface area (Å²) in [7, 11) is 0. The molecule has 0 unspecified atom stereocenters. The van der Waals surface area contributed by atoms with Crippen LogP contribution in [-0.4, -0.2) is 44.6 Å². The molecule has 1 fully saturated rings. The molecule has 1 aliphatic rings. The highest BCUT2D eigenvalue weighted by molar-refractivity contribution is 5.92. The summed E-state index contributed by atoms with van der Waals surface area (Å²) < 4.78 is 1.85. The Kier molecular flexibility index (Phi) is 5.23. The lowest BCUT2D eigenvalue weighted by Crippen LogP contribution is -2.37. The van der Waals surface area contributed by atoms with Gasteiger partial charge >= 0.3 is 0 Å². The summed E-state index contributed by atoms with van der Waals surface area (Å²) in [6, 6.07) is 7.89. The first-order valence-electron chi connectivity index (χ1n) is 9.96. The van der Waals surface area contributed by atoms with Gasteiger partial charge in [-0.05, 0) is 49.9 Å². The van der Waals surface area contributed by atoms with E-state index in [9.17, 15) is 4.79 Å². The quantitative estimate of drug-likeness (QED) is 0.714. The first-order valence-corrected chi connectivity index (χ1v) is 9.96. The lowest BCUT2D eigenvalue weighted by atomic mass is 10.1. The van der Waals surface area contributed by atoms with Crippen molar-refractivity contribution in [1.82, 2.24) is 24.9 Å². The van der Waals surface area contributed by atoms with Gasteiger partial charge in [0, 0.05) is 25.3 Å². The largest absolute Gasteiger partial charge is 0.353 e. The van der Waals surface area contributed by atoms with Crippen molar-refractivity contribution < 1.29 is 4.79 Å². The fourth-order valence-corrected chi connectivity index (χ4v) is 3.58. The number of nitrogens with one attached hydrogen (secondary N) is 1. The second-order valence-electron chi connectivity index (χ2n) is 7.42. The molecule has 0 bridgehead atoms. The molecule has 146 valence electrons. The van der Waals surface area contributed by atoms with Crippen LogP contribution in [0.1, 0.15) is 47.9 Å². The van der Waals surface area contributed by atoms with Crippen LogP contribution in [0, 0.1) is 6.92 Å². The molecule has 0 spiro atoms. The SMILES string of the molecule is CCCCc1ccc(C(=O)N[C@H]2CCN(c3ccc4ncc(C)n4n3)C2)nc1. The number of hydrogen-bond donors (Lipinski definition) is 1. The first-order chi connectivity index (χ1) is 13.6. The fraction of sp³-hybridized carbons (Fsp3) is 0.429. The van der Waals surface area contributed by atoms with Gasteiger partial charge in [-0.1, -0.05) is 19.4 Å². The summed E-state index contributed by atoms with van der Waals surface area (Å²) in [5.41, 5.74) is 3.52. The van der Waals surface area contributed by atoms with Gasteiger partial charge in [0.25, 0.3) is 5.91 Å². The Labute approximate surface area is 164 Å². The zero-order chi connectivity index (χ0) is 19.5. The Morgan fingerprint density at radius 3 is 2.89 bits per heavy atom. The lowest BCUT2D eigenvalue weighted by Gasteiger charge is -2.18. The molecule has 0 aliphatic carbocycles. The second kappa shape index (κ2) is 7.96. The van der Waals surface area contributed by atoms with Crippen molar-refractivity contribution in [2.45, 2.75) is 45.6 Å². The summed E-state index contributed by atoms with van der Waals surface area (Å²) in [4.78, 5) is 23.4. The molecule has 0 aromatic carbocycles. The maximum absolute atomic E-state index is 12.5. The van der Waals surface area contributed by atoms with Gasteiger partial charge in [-0.25, -0.2) is 9.50 Å². The van der Waals surface area contributed by atoms with Gasteiger partial charge in [-0.2, -0.15) is 0 Å². The Morgan fingerprint density at radius 2 is 2.11 bits per heavy atom. The fourth-order valence-electron chi connectivity index (χ4n) is 3.58. The maximum Gasteiger partial charge on any atom is 0.270 e. The van der Waals surface area contributed by atoms with Crippen LogP contribution in [0.2, 0.25) is 0 Å². The van der Waals surface area contributed by atoms with Crippen LogP contribution in [0.3, 0.4) is 0 Å². The predicted molar refractivity (Wildman–Crippen MR) is 109 cm³/mol. The van der Waals surface area contributed by atoms with Crippen LogP contribution < -0.4 is 10.2 Å². The van der Waals surface area contributed by atoms with E-state index >= 15 is 0 Å². The van der Waals surface area contributed by atoms with Crippen molar-refractivity contribution in [2.24, 2.45) is 0 Å². The minimum absolute atomic E-state index is 0.0930. The standard InChI is InChI=1S/C21H26N6O/c1-3-4-5-16-6-7-18(22-13-16)21(28)24-17-10-11-26(14-17)20-9-8-19-23-12-15(2)27(19)25-20/h6-9,12-13,17H,3-5,10-11,14H2,1-2H3,(H,24,28)/t17-/m0/s1. The third kappa shape index (κ3) is 3.83. The Bertz CT molecular complexity index is 965. The number of carbonyl (C=O) groups is 1. The van der Waals surface area contributed by atoms with E-state index in [1.54, 1.807) is 0 Å². The zero-order valence-corrected chi connectivity index (χ0v) is 16.4. The van der Waals surface area contributed by atoms with Crippen molar-refractivity contribution in [2.75, 3.05) is 18.0 Å². The minimum atomic E-state index is -0.109. The molecular weight excluding hydrogens is 352 g/mol. The molecule has 3 aromatic heterocycles. The Balaban J connectivity index is 1.37. The van der Waals surface area contributed by atoms with E-state index in [0.717, 1.165) is 55.9 Å². The van der Waals surface area contributed by atoms with Crippen LogP contribution in [0.4, 0.5) is 5.82 Å². The number of rotatable bonds is 6. The highest BCUT2D eigenvalue weighted by atomic mass is 16.1. The summed E-state index contributed by atoms with van der Waals surface area (Å²) in [5, 5.41) is 7.79. The van der Waals surface area contributed by atoms with Gasteiger partial charge < -0.3 is 10.2 Å². The van der Waals surface area contributed by atoms with Gasteiger partial charge in [-0.3, -0.25) is 9.78 Å². The van der Waals surface area contributed by atoms with Crippen molar-refractivity contribution in [1.29, 1.82) is 0 Å². The molecule has 7 nitrogen and oxygen atoms in total. The lowest BCUT2D eigenvalue weighted by molar-refractivity contribution is 0.0935. The topological polar surface area (TPSA) is 75.4 Å². The van der Waals surface area contributed by atoms with Crippen LogP contribution in [-0.2, 0) is 6.42 Å². The molecule has 0 radical (unpaired) electrons. The van der Waals surface area contributed by atoms with Crippen molar-refractivity contribution >= 4 is 17.4 Å². The van der Waals surface area contributed by atoms with Crippen molar-refractivity contribution in [3.05, 3.63) is 53.6 Å². The minimum Gasteiger partial charge on any atom is -0.353 e. The Morgan fingerprint density at radius 1 is 1.21 bits per heavy atom. The molecule has 4 heterocycles. The van der Waals surface area contributed by atoms with Crippen LogP contribution in [0.5, 0.6) is 0 Å². The number of amides is 1. The highest BCUT2D eigenvalue weighted by Gasteiger charge is 2.26. The third-order valence-corrected chi connectivity index (χ3v) is 5.24. The van der Waals surface area contributed by atoms with E-state index in [1.807, 2.05) is 48.1 Å². The average Bonchev–Trinajstić information content (AvgIpc) is 3.33. The number of anilines is 1. The molecule has 3 aromatic rings. The number of imidazole rings is 1. The van der Waals surface area contributed by atoms with E-state index in [1.165, 1.54) is 5.56 Å². The molecule has 1 aliphatic heterocycles. The first kappa shape index (κ1) is 18.4. The van der Waals surface area contributed by atoms with Crippen molar-refractivity contribution in [3.63, 3.8) is 0 Å². The molecular formula is C21H26N6O. The third-order valence-electron chi connectivity index (χ3n) is 5.24. The molecule has 1 N–H and O–H groups in total. The van der Waals surface area contributed by atoms with E-state index in [4.69, 9.17) is 0 Å². The zero-order valence-electron chi connectivity index (χ0n) is 16.4. The summed E-state index contributed by atoms with van der Waals surface area (Å²) >= 11 is 0. The average molecular weight is 378 g/mol.